The van der Waals surface area contributed by atoms with Gasteiger partial charge in [-0.05, 0) is 29.8 Å². The van der Waals surface area contributed by atoms with Gasteiger partial charge in [-0.1, -0.05) is 12.1 Å². The molecule has 0 saturated carbocycles. The molecule has 0 unspecified atom stereocenters. The summed E-state index contributed by atoms with van der Waals surface area (Å²) in [6.07, 6.45) is 3.81. The van der Waals surface area contributed by atoms with E-state index in [1.165, 1.54) is 6.92 Å². The summed E-state index contributed by atoms with van der Waals surface area (Å²) in [5, 5.41) is 11.9. The fourth-order valence-corrected chi connectivity index (χ4v) is 2.19. The smallest absolute Gasteiger partial charge is 0.221 e. The molecule has 5 nitrogen and oxygen atoms in total. The predicted molar refractivity (Wildman–Crippen MR) is 80.9 cm³/mol. The van der Waals surface area contributed by atoms with Crippen LogP contribution in [0.4, 0.5) is 5.69 Å². The SMILES string of the molecule is CC(=O)Nc1ccc(-c2cn3ccc(CO)cc3n2)cc1. The molecule has 106 valence electrons. The first-order valence-corrected chi connectivity index (χ1v) is 6.62. The van der Waals surface area contributed by atoms with Crippen LogP contribution in [0.15, 0.2) is 48.8 Å². The number of hydrogen-bond acceptors (Lipinski definition) is 3. The van der Waals surface area contributed by atoms with Crippen LogP contribution in [0.25, 0.3) is 16.9 Å². The molecular weight excluding hydrogens is 266 g/mol. The van der Waals surface area contributed by atoms with Crippen LogP contribution < -0.4 is 5.32 Å². The van der Waals surface area contributed by atoms with Crippen LogP contribution in [-0.4, -0.2) is 20.4 Å². The van der Waals surface area contributed by atoms with Gasteiger partial charge in [0.2, 0.25) is 5.91 Å². The number of anilines is 1. The predicted octanol–water partition coefficient (Wildman–Crippen LogP) is 2.45. The molecule has 3 rings (SSSR count). The average molecular weight is 281 g/mol. The lowest BCUT2D eigenvalue weighted by Crippen LogP contribution is -2.05. The van der Waals surface area contributed by atoms with E-state index in [1.807, 2.05) is 53.2 Å². The van der Waals surface area contributed by atoms with Crippen LogP contribution in [-0.2, 0) is 11.4 Å². The normalized spacial score (nSPS) is 10.8. The number of hydrogen-bond donors (Lipinski definition) is 2. The Morgan fingerprint density at radius 1 is 1.29 bits per heavy atom. The number of aliphatic hydroxyl groups is 1. The molecular formula is C16H15N3O2. The summed E-state index contributed by atoms with van der Waals surface area (Å²) in [4.78, 5) is 15.5. The van der Waals surface area contributed by atoms with Crippen molar-refractivity contribution >= 4 is 17.2 Å². The van der Waals surface area contributed by atoms with Gasteiger partial charge in [0.1, 0.15) is 5.65 Å². The Morgan fingerprint density at radius 2 is 2.05 bits per heavy atom. The largest absolute Gasteiger partial charge is 0.392 e. The van der Waals surface area contributed by atoms with Gasteiger partial charge >= 0.3 is 0 Å². The van der Waals surface area contributed by atoms with E-state index >= 15 is 0 Å². The molecule has 0 radical (unpaired) electrons. The van der Waals surface area contributed by atoms with Gasteiger partial charge in [-0.15, -0.1) is 0 Å². The zero-order valence-electron chi connectivity index (χ0n) is 11.6. The molecule has 0 fully saturated rings. The molecule has 0 aliphatic rings. The molecule has 3 aromatic rings. The number of aromatic nitrogens is 2. The average Bonchev–Trinajstić information content (AvgIpc) is 2.90. The molecule has 2 heterocycles. The number of carbonyl (C=O) groups is 1. The lowest BCUT2D eigenvalue weighted by molar-refractivity contribution is -0.114. The van der Waals surface area contributed by atoms with Crippen LogP contribution in [0.5, 0.6) is 0 Å². The number of benzene rings is 1. The van der Waals surface area contributed by atoms with Crippen LogP contribution in [0.2, 0.25) is 0 Å². The number of rotatable bonds is 3. The second-order valence-electron chi connectivity index (χ2n) is 4.84. The minimum absolute atomic E-state index is 0.00407. The van der Waals surface area contributed by atoms with Crippen molar-refractivity contribution in [2.45, 2.75) is 13.5 Å². The van der Waals surface area contributed by atoms with E-state index in [0.29, 0.717) is 0 Å². The highest BCUT2D eigenvalue weighted by Gasteiger charge is 2.05. The van der Waals surface area contributed by atoms with Crippen LogP contribution in [0.1, 0.15) is 12.5 Å². The third kappa shape index (κ3) is 2.78. The fraction of sp³-hybridized carbons (Fsp3) is 0.125. The fourth-order valence-electron chi connectivity index (χ4n) is 2.19. The first-order chi connectivity index (χ1) is 10.2. The topological polar surface area (TPSA) is 66.6 Å². The molecule has 2 aromatic heterocycles. The van der Waals surface area contributed by atoms with Gasteiger partial charge in [-0.25, -0.2) is 4.98 Å². The Labute approximate surface area is 121 Å². The van der Waals surface area contributed by atoms with Crippen molar-refractivity contribution in [1.82, 2.24) is 9.38 Å². The van der Waals surface area contributed by atoms with Crippen molar-refractivity contribution in [3.05, 3.63) is 54.4 Å². The lowest BCUT2D eigenvalue weighted by Gasteiger charge is -2.02. The van der Waals surface area contributed by atoms with Crippen molar-refractivity contribution in [3.63, 3.8) is 0 Å². The second-order valence-corrected chi connectivity index (χ2v) is 4.84. The number of carbonyl (C=O) groups excluding carboxylic acids is 1. The van der Waals surface area contributed by atoms with Crippen molar-refractivity contribution in [2.24, 2.45) is 0 Å². The molecule has 0 spiro atoms. The van der Waals surface area contributed by atoms with Crippen LogP contribution >= 0.6 is 0 Å². The molecule has 0 aliphatic carbocycles. The zero-order valence-corrected chi connectivity index (χ0v) is 11.6. The number of nitrogens with one attached hydrogen (secondary N) is 1. The summed E-state index contributed by atoms with van der Waals surface area (Å²) >= 11 is 0. The van der Waals surface area contributed by atoms with E-state index < -0.39 is 0 Å². The Balaban J connectivity index is 1.94. The second kappa shape index (κ2) is 5.38. The Morgan fingerprint density at radius 3 is 2.71 bits per heavy atom. The van der Waals surface area contributed by atoms with Gasteiger partial charge in [0.05, 0.1) is 12.3 Å². The number of fused-ring (bicyclic) bond motifs is 1. The lowest BCUT2D eigenvalue weighted by atomic mass is 10.1. The molecule has 0 atom stereocenters. The van der Waals surface area contributed by atoms with E-state index in [0.717, 1.165) is 28.2 Å². The van der Waals surface area contributed by atoms with Gasteiger partial charge in [-0.3, -0.25) is 4.79 Å². The summed E-state index contributed by atoms with van der Waals surface area (Å²) in [5.41, 5.74) is 4.21. The summed E-state index contributed by atoms with van der Waals surface area (Å²) in [6, 6.07) is 11.2. The number of nitrogens with zero attached hydrogens (tertiary/aromatic N) is 2. The van der Waals surface area contributed by atoms with Gasteiger partial charge in [0, 0.05) is 30.6 Å². The van der Waals surface area contributed by atoms with Crippen molar-refractivity contribution in [1.29, 1.82) is 0 Å². The third-order valence-corrected chi connectivity index (χ3v) is 3.21. The molecule has 1 aromatic carbocycles. The summed E-state index contributed by atoms with van der Waals surface area (Å²) in [6.45, 7) is 1.48. The number of imidazole rings is 1. The number of aliphatic hydroxyl groups excluding tert-OH is 1. The van der Waals surface area contributed by atoms with E-state index in [-0.39, 0.29) is 12.5 Å². The van der Waals surface area contributed by atoms with Crippen molar-refractivity contribution in [3.8, 4) is 11.3 Å². The van der Waals surface area contributed by atoms with Crippen molar-refractivity contribution in [2.75, 3.05) is 5.32 Å². The molecule has 1 amide bonds. The van der Waals surface area contributed by atoms with Crippen molar-refractivity contribution < 1.29 is 9.90 Å². The maximum atomic E-state index is 11.0. The standard InChI is InChI=1S/C16H15N3O2/c1-11(21)17-14-4-2-13(3-5-14)15-9-19-7-6-12(10-20)8-16(19)18-15/h2-9,20H,10H2,1H3,(H,17,21). The van der Waals surface area contributed by atoms with E-state index in [1.54, 1.807) is 0 Å². The molecule has 21 heavy (non-hydrogen) atoms. The molecule has 0 aliphatic heterocycles. The highest BCUT2D eigenvalue weighted by atomic mass is 16.3. The third-order valence-electron chi connectivity index (χ3n) is 3.21. The van der Waals surface area contributed by atoms with Gasteiger partial charge in [-0.2, -0.15) is 0 Å². The molecule has 0 bridgehead atoms. The van der Waals surface area contributed by atoms with E-state index in [4.69, 9.17) is 5.11 Å². The molecule has 2 N–H and O–H groups in total. The maximum Gasteiger partial charge on any atom is 0.221 e. The number of amides is 1. The Hall–Kier alpha value is -2.66. The monoisotopic (exact) mass is 281 g/mol. The quantitative estimate of drug-likeness (QED) is 0.775. The summed E-state index contributed by atoms with van der Waals surface area (Å²) < 4.78 is 1.91. The maximum absolute atomic E-state index is 11.0. The zero-order chi connectivity index (χ0) is 14.8. The highest BCUT2D eigenvalue weighted by molar-refractivity contribution is 5.88. The van der Waals surface area contributed by atoms with Gasteiger partial charge in [0.15, 0.2) is 0 Å². The van der Waals surface area contributed by atoms with Gasteiger partial charge in [0.25, 0.3) is 0 Å². The van der Waals surface area contributed by atoms with E-state index in [2.05, 4.69) is 10.3 Å². The molecule has 5 heteroatoms. The highest BCUT2D eigenvalue weighted by Crippen LogP contribution is 2.21. The van der Waals surface area contributed by atoms with E-state index in [9.17, 15) is 4.79 Å². The Bertz CT molecular complexity index is 791. The van der Waals surface area contributed by atoms with Crippen LogP contribution in [0.3, 0.4) is 0 Å². The minimum Gasteiger partial charge on any atom is -0.392 e. The summed E-state index contributed by atoms with van der Waals surface area (Å²) in [5.74, 6) is -0.0907. The number of pyridine rings is 1. The summed E-state index contributed by atoms with van der Waals surface area (Å²) in [7, 11) is 0. The Kier molecular flexibility index (Phi) is 3.41. The first-order valence-electron chi connectivity index (χ1n) is 6.62. The van der Waals surface area contributed by atoms with Crippen LogP contribution in [0, 0.1) is 0 Å². The molecule has 0 saturated heterocycles. The first kappa shape index (κ1) is 13.3. The minimum atomic E-state index is -0.0907. The van der Waals surface area contributed by atoms with Gasteiger partial charge < -0.3 is 14.8 Å².